The highest BCUT2D eigenvalue weighted by atomic mass is 16.3. The third-order valence-electron chi connectivity index (χ3n) is 2.52. The lowest BCUT2D eigenvalue weighted by atomic mass is 10.0. The van der Waals surface area contributed by atoms with E-state index >= 15 is 0 Å². The molecule has 0 radical (unpaired) electrons. The predicted octanol–water partition coefficient (Wildman–Crippen LogP) is -1.07. The summed E-state index contributed by atoms with van der Waals surface area (Å²) in [5.41, 5.74) is 4.95. The number of β-amino-alcohol motifs (C(OH)–C–C–N with tert-alkyl or cyclic N) is 1. The van der Waals surface area contributed by atoms with Crippen LogP contribution in [0, 0.1) is 0 Å². The molecule has 5 nitrogen and oxygen atoms in total. The molecule has 0 saturated carbocycles. The highest BCUT2D eigenvalue weighted by Crippen LogP contribution is 2.19. The maximum absolute atomic E-state index is 10.1. The van der Waals surface area contributed by atoms with E-state index in [2.05, 4.69) is 9.89 Å². The van der Waals surface area contributed by atoms with E-state index in [1.807, 2.05) is 21.1 Å². The molecule has 1 heterocycles. The molecule has 0 amide bonds. The zero-order chi connectivity index (χ0) is 10.8. The summed E-state index contributed by atoms with van der Waals surface area (Å²) in [5.74, 6) is 0.466. The van der Waals surface area contributed by atoms with Crippen molar-refractivity contribution in [1.29, 1.82) is 0 Å². The molecule has 0 aliphatic carbocycles. The van der Waals surface area contributed by atoms with E-state index in [-0.39, 0.29) is 0 Å². The van der Waals surface area contributed by atoms with Crippen LogP contribution in [0.3, 0.4) is 0 Å². The molecular formula is C9H20N4O. The van der Waals surface area contributed by atoms with E-state index in [0.717, 1.165) is 13.0 Å². The fourth-order valence-corrected chi connectivity index (χ4v) is 1.56. The van der Waals surface area contributed by atoms with Crippen LogP contribution >= 0.6 is 0 Å². The Morgan fingerprint density at radius 1 is 1.64 bits per heavy atom. The lowest BCUT2D eigenvalue weighted by Crippen LogP contribution is -2.38. The molecule has 1 aliphatic heterocycles. The SMILES string of the molecule is CN1CCC(O)(CN=C(N)N(C)C)C1. The molecule has 0 aromatic heterocycles. The van der Waals surface area contributed by atoms with Gasteiger partial charge in [0.15, 0.2) is 5.96 Å². The van der Waals surface area contributed by atoms with Gasteiger partial charge in [-0.05, 0) is 13.5 Å². The summed E-state index contributed by atoms with van der Waals surface area (Å²) >= 11 is 0. The van der Waals surface area contributed by atoms with Crippen molar-refractivity contribution in [2.24, 2.45) is 10.7 Å². The third kappa shape index (κ3) is 2.85. The second-order valence-corrected chi connectivity index (χ2v) is 4.28. The Bertz CT molecular complexity index is 229. The molecule has 0 aromatic rings. The first kappa shape index (κ1) is 11.3. The van der Waals surface area contributed by atoms with E-state index in [0.29, 0.717) is 19.0 Å². The average molecular weight is 200 g/mol. The number of hydrogen-bond donors (Lipinski definition) is 2. The Kier molecular flexibility index (Phi) is 3.34. The van der Waals surface area contributed by atoms with Crippen molar-refractivity contribution in [1.82, 2.24) is 9.80 Å². The van der Waals surface area contributed by atoms with Crippen molar-refractivity contribution < 1.29 is 5.11 Å². The number of hydrogen-bond acceptors (Lipinski definition) is 3. The molecule has 1 rings (SSSR count). The van der Waals surface area contributed by atoms with Crippen molar-refractivity contribution in [3.63, 3.8) is 0 Å². The Morgan fingerprint density at radius 3 is 2.71 bits per heavy atom. The minimum Gasteiger partial charge on any atom is -0.387 e. The quantitative estimate of drug-likeness (QED) is 0.440. The largest absolute Gasteiger partial charge is 0.387 e. The van der Waals surface area contributed by atoms with Crippen LogP contribution in [0.5, 0.6) is 0 Å². The molecule has 0 aromatic carbocycles. The maximum atomic E-state index is 10.1. The number of aliphatic imine (C=N–C) groups is 1. The first-order valence-electron chi connectivity index (χ1n) is 4.81. The Morgan fingerprint density at radius 2 is 2.29 bits per heavy atom. The van der Waals surface area contributed by atoms with Crippen molar-refractivity contribution >= 4 is 5.96 Å². The number of aliphatic hydroxyl groups is 1. The van der Waals surface area contributed by atoms with Gasteiger partial charge in [-0.15, -0.1) is 0 Å². The van der Waals surface area contributed by atoms with Gasteiger partial charge >= 0.3 is 0 Å². The zero-order valence-corrected chi connectivity index (χ0v) is 9.19. The number of guanidine groups is 1. The summed E-state index contributed by atoms with van der Waals surface area (Å²) in [7, 11) is 5.67. The van der Waals surface area contributed by atoms with Gasteiger partial charge in [-0.3, -0.25) is 4.99 Å². The van der Waals surface area contributed by atoms with E-state index in [4.69, 9.17) is 5.73 Å². The van der Waals surface area contributed by atoms with Gasteiger partial charge in [-0.25, -0.2) is 0 Å². The molecule has 1 fully saturated rings. The van der Waals surface area contributed by atoms with Crippen LogP contribution < -0.4 is 5.73 Å². The third-order valence-corrected chi connectivity index (χ3v) is 2.52. The summed E-state index contributed by atoms with van der Waals surface area (Å²) < 4.78 is 0. The van der Waals surface area contributed by atoms with Crippen molar-refractivity contribution in [3.05, 3.63) is 0 Å². The highest BCUT2D eigenvalue weighted by Gasteiger charge is 2.34. The molecule has 0 spiro atoms. The first-order chi connectivity index (χ1) is 6.43. The molecule has 5 heteroatoms. The fourth-order valence-electron chi connectivity index (χ4n) is 1.56. The van der Waals surface area contributed by atoms with E-state index in [1.165, 1.54) is 0 Å². The topological polar surface area (TPSA) is 65.1 Å². The Labute approximate surface area is 85.2 Å². The van der Waals surface area contributed by atoms with Gasteiger partial charge in [0.1, 0.15) is 0 Å². The van der Waals surface area contributed by atoms with Crippen LogP contribution in [0.15, 0.2) is 4.99 Å². The summed E-state index contributed by atoms with van der Waals surface area (Å²) in [6.45, 7) is 1.99. The van der Waals surface area contributed by atoms with Crippen LogP contribution in [0.2, 0.25) is 0 Å². The van der Waals surface area contributed by atoms with Crippen molar-refractivity contribution in [2.75, 3.05) is 40.8 Å². The fraction of sp³-hybridized carbons (Fsp3) is 0.889. The summed E-state index contributed by atoms with van der Waals surface area (Å²) in [6.07, 6.45) is 0.772. The Hall–Kier alpha value is -0.810. The second kappa shape index (κ2) is 4.14. The van der Waals surface area contributed by atoms with E-state index in [1.54, 1.807) is 4.90 Å². The highest BCUT2D eigenvalue weighted by molar-refractivity contribution is 5.77. The van der Waals surface area contributed by atoms with Crippen LogP contribution in [0.1, 0.15) is 6.42 Å². The number of likely N-dealkylation sites (tertiary alicyclic amines) is 1. The van der Waals surface area contributed by atoms with Crippen LogP contribution in [0.25, 0.3) is 0 Å². The van der Waals surface area contributed by atoms with Crippen molar-refractivity contribution in [2.45, 2.75) is 12.0 Å². The average Bonchev–Trinajstić information content (AvgIpc) is 2.43. The minimum absolute atomic E-state index is 0.390. The van der Waals surface area contributed by atoms with Gasteiger partial charge in [0.2, 0.25) is 0 Å². The molecule has 82 valence electrons. The van der Waals surface area contributed by atoms with Gasteiger partial charge in [-0.2, -0.15) is 0 Å². The van der Waals surface area contributed by atoms with Gasteiger partial charge in [0, 0.05) is 27.2 Å². The molecule has 1 atom stereocenters. The molecule has 1 unspecified atom stereocenters. The molecule has 1 aliphatic rings. The number of nitrogens with two attached hydrogens (primary N) is 1. The normalized spacial score (nSPS) is 29.6. The number of nitrogens with zero attached hydrogens (tertiary/aromatic N) is 3. The lowest BCUT2D eigenvalue weighted by Gasteiger charge is -2.21. The monoisotopic (exact) mass is 200 g/mol. The standard InChI is InChI=1S/C9H20N4O/c1-12(2)8(10)11-6-9(14)4-5-13(3)7-9/h14H,4-7H2,1-3H3,(H2,10,11). The molecule has 14 heavy (non-hydrogen) atoms. The van der Waals surface area contributed by atoms with Gasteiger partial charge in [-0.1, -0.05) is 0 Å². The summed E-state index contributed by atoms with van der Waals surface area (Å²) in [4.78, 5) is 7.99. The van der Waals surface area contributed by atoms with E-state index < -0.39 is 5.60 Å². The molecule has 1 saturated heterocycles. The van der Waals surface area contributed by atoms with E-state index in [9.17, 15) is 5.11 Å². The molecule has 0 bridgehead atoms. The predicted molar refractivity (Wildman–Crippen MR) is 57.2 cm³/mol. The first-order valence-corrected chi connectivity index (χ1v) is 4.81. The zero-order valence-electron chi connectivity index (χ0n) is 9.19. The molecular weight excluding hydrogens is 180 g/mol. The summed E-state index contributed by atoms with van der Waals surface area (Å²) in [6, 6.07) is 0. The number of likely N-dealkylation sites (N-methyl/N-ethyl adjacent to an activating group) is 1. The Balaban J connectivity index is 2.48. The number of rotatable bonds is 2. The second-order valence-electron chi connectivity index (χ2n) is 4.28. The summed E-state index contributed by atoms with van der Waals surface area (Å²) in [5, 5.41) is 10.1. The van der Waals surface area contributed by atoms with Gasteiger partial charge in [0.05, 0.1) is 12.1 Å². The van der Waals surface area contributed by atoms with Crippen LogP contribution in [-0.4, -0.2) is 67.2 Å². The van der Waals surface area contributed by atoms with Gasteiger partial charge in [0.25, 0.3) is 0 Å². The van der Waals surface area contributed by atoms with Crippen molar-refractivity contribution in [3.8, 4) is 0 Å². The van der Waals surface area contributed by atoms with Gasteiger partial charge < -0.3 is 20.6 Å². The molecule has 3 N–H and O–H groups in total. The maximum Gasteiger partial charge on any atom is 0.190 e. The van der Waals surface area contributed by atoms with Crippen LogP contribution in [-0.2, 0) is 0 Å². The minimum atomic E-state index is -0.685. The van der Waals surface area contributed by atoms with Crippen LogP contribution in [0.4, 0.5) is 0 Å². The lowest BCUT2D eigenvalue weighted by molar-refractivity contribution is 0.0613. The smallest absolute Gasteiger partial charge is 0.190 e.